The average molecular weight is 413 g/mol. The summed E-state index contributed by atoms with van der Waals surface area (Å²) in [6, 6.07) is 8.39. The second-order valence-electron chi connectivity index (χ2n) is 8.56. The van der Waals surface area contributed by atoms with Gasteiger partial charge >= 0.3 is 0 Å². The number of nitrogens with zero attached hydrogens (tertiary/aromatic N) is 2. The Morgan fingerprint density at radius 2 is 2.07 bits per heavy atom. The minimum atomic E-state index is 0.171. The Labute approximate surface area is 178 Å². The van der Waals surface area contributed by atoms with Crippen molar-refractivity contribution in [2.24, 2.45) is 0 Å². The number of rotatable bonds is 4. The summed E-state index contributed by atoms with van der Waals surface area (Å²) >= 11 is 6.34. The number of carbonyl (C=O) groups excluding carboxylic acids is 1. The summed E-state index contributed by atoms with van der Waals surface area (Å²) in [7, 11) is 3.87. The number of anilines is 1. The van der Waals surface area contributed by atoms with Gasteiger partial charge < -0.3 is 14.5 Å². The largest absolute Gasteiger partial charge is 0.493 e. The Bertz CT molecular complexity index is 954. The molecule has 2 aromatic carbocycles. The third kappa shape index (κ3) is 3.88. The summed E-state index contributed by atoms with van der Waals surface area (Å²) in [5.74, 6) is 1.58. The van der Waals surface area contributed by atoms with Gasteiger partial charge in [-0.15, -0.1) is 0 Å². The smallest absolute Gasteiger partial charge is 0.241 e. The Hall–Kier alpha value is -2.04. The highest BCUT2D eigenvalue weighted by Crippen LogP contribution is 2.41. The lowest BCUT2D eigenvalue weighted by atomic mass is 9.84. The standard InChI is InChI=1S/C24H29ClN2O2/c1-15-11-19(25)13-21-18(8-10-29-24(15)21)12-17-5-6-22-20(16(17)2)7-9-27(22)23(28)14-26(3)4/h5-6,11,13,18H,7-10,12,14H2,1-4H3. The van der Waals surface area contributed by atoms with Crippen molar-refractivity contribution in [1.82, 2.24) is 4.90 Å². The van der Waals surface area contributed by atoms with Crippen LogP contribution in [0, 0.1) is 13.8 Å². The van der Waals surface area contributed by atoms with Crippen LogP contribution in [0.3, 0.4) is 0 Å². The van der Waals surface area contributed by atoms with Crippen LogP contribution in [0.15, 0.2) is 24.3 Å². The van der Waals surface area contributed by atoms with Crippen molar-refractivity contribution in [1.29, 1.82) is 0 Å². The molecule has 4 nitrogen and oxygen atoms in total. The number of hydrogen-bond donors (Lipinski definition) is 0. The number of fused-ring (bicyclic) bond motifs is 2. The van der Waals surface area contributed by atoms with Crippen LogP contribution in [0.1, 0.15) is 40.2 Å². The van der Waals surface area contributed by atoms with Crippen LogP contribution in [0.4, 0.5) is 5.69 Å². The quantitative estimate of drug-likeness (QED) is 0.740. The number of benzene rings is 2. The van der Waals surface area contributed by atoms with E-state index in [1.54, 1.807) is 0 Å². The van der Waals surface area contributed by atoms with Crippen LogP contribution in [0.5, 0.6) is 5.75 Å². The molecule has 0 fully saturated rings. The topological polar surface area (TPSA) is 32.8 Å². The van der Waals surface area contributed by atoms with Crippen molar-refractivity contribution in [3.8, 4) is 5.75 Å². The van der Waals surface area contributed by atoms with Crippen LogP contribution in [-0.2, 0) is 17.6 Å². The van der Waals surface area contributed by atoms with E-state index in [1.165, 1.54) is 22.3 Å². The zero-order valence-electron chi connectivity index (χ0n) is 17.7. The maximum absolute atomic E-state index is 12.6. The molecule has 0 aliphatic carbocycles. The molecule has 1 atom stereocenters. The minimum absolute atomic E-state index is 0.171. The van der Waals surface area contributed by atoms with Gasteiger partial charge in [0.25, 0.3) is 0 Å². The molecule has 0 radical (unpaired) electrons. The van der Waals surface area contributed by atoms with Crippen molar-refractivity contribution in [3.05, 3.63) is 57.1 Å². The molecule has 1 unspecified atom stereocenters. The van der Waals surface area contributed by atoms with Crippen molar-refractivity contribution in [2.75, 3.05) is 38.7 Å². The number of ether oxygens (including phenoxy) is 1. The fourth-order valence-corrected chi connectivity index (χ4v) is 5.01. The number of hydrogen-bond acceptors (Lipinski definition) is 3. The number of carbonyl (C=O) groups is 1. The van der Waals surface area contributed by atoms with Gasteiger partial charge in [0.2, 0.25) is 5.91 Å². The number of likely N-dealkylation sites (N-methyl/N-ethyl adjacent to an activating group) is 1. The van der Waals surface area contributed by atoms with Crippen LogP contribution >= 0.6 is 11.6 Å². The van der Waals surface area contributed by atoms with Gasteiger partial charge in [-0.1, -0.05) is 17.7 Å². The van der Waals surface area contributed by atoms with Gasteiger partial charge in [-0.25, -0.2) is 0 Å². The number of aryl methyl sites for hydroxylation is 1. The second-order valence-corrected chi connectivity index (χ2v) is 9.00. The van der Waals surface area contributed by atoms with Crippen molar-refractivity contribution >= 4 is 23.2 Å². The van der Waals surface area contributed by atoms with Gasteiger partial charge in [0.15, 0.2) is 0 Å². The first-order valence-corrected chi connectivity index (χ1v) is 10.7. The highest BCUT2D eigenvalue weighted by atomic mass is 35.5. The molecule has 0 saturated heterocycles. The Morgan fingerprint density at radius 3 is 2.83 bits per heavy atom. The Morgan fingerprint density at radius 1 is 1.28 bits per heavy atom. The Balaban J connectivity index is 1.61. The predicted molar refractivity (Wildman–Crippen MR) is 119 cm³/mol. The number of halogens is 1. The number of amides is 1. The highest BCUT2D eigenvalue weighted by molar-refractivity contribution is 6.30. The van der Waals surface area contributed by atoms with Gasteiger partial charge in [-0.05, 0) is 99.1 Å². The van der Waals surface area contributed by atoms with E-state index in [1.807, 2.05) is 30.0 Å². The lowest BCUT2D eigenvalue weighted by Gasteiger charge is -2.28. The van der Waals surface area contributed by atoms with Gasteiger partial charge in [0.1, 0.15) is 5.75 Å². The molecular weight excluding hydrogens is 384 g/mol. The first-order chi connectivity index (χ1) is 13.8. The SMILES string of the molecule is Cc1cc(Cl)cc2c1OCCC2Cc1ccc2c(c1C)CCN2C(=O)CN(C)C. The lowest BCUT2D eigenvalue weighted by Crippen LogP contribution is -2.36. The molecule has 2 aliphatic rings. The summed E-state index contributed by atoms with van der Waals surface area (Å²) in [5.41, 5.74) is 7.44. The van der Waals surface area contributed by atoms with Crippen molar-refractivity contribution in [3.63, 3.8) is 0 Å². The van der Waals surface area contributed by atoms with E-state index in [4.69, 9.17) is 16.3 Å². The first kappa shape index (κ1) is 20.2. The van der Waals surface area contributed by atoms with E-state index >= 15 is 0 Å². The van der Waals surface area contributed by atoms with E-state index < -0.39 is 0 Å². The zero-order valence-corrected chi connectivity index (χ0v) is 18.5. The summed E-state index contributed by atoms with van der Waals surface area (Å²) in [6.45, 7) is 6.24. The van der Waals surface area contributed by atoms with Crippen LogP contribution in [-0.4, -0.2) is 44.6 Å². The monoisotopic (exact) mass is 412 g/mol. The maximum atomic E-state index is 12.6. The molecule has 154 valence electrons. The summed E-state index contributed by atoms with van der Waals surface area (Å²) in [5, 5.41) is 0.775. The maximum Gasteiger partial charge on any atom is 0.241 e. The molecular formula is C24H29ClN2O2. The van der Waals surface area contributed by atoms with Gasteiger partial charge in [0.05, 0.1) is 13.2 Å². The van der Waals surface area contributed by atoms with Gasteiger partial charge in [-0.3, -0.25) is 4.79 Å². The van der Waals surface area contributed by atoms with Gasteiger partial charge in [0, 0.05) is 17.3 Å². The predicted octanol–water partition coefficient (Wildman–Crippen LogP) is 4.52. The summed E-state index contributed by atoms with van der Waals surface area (Å²) < 4.78 is 5.95. The molecule has 0 bridgehead atoms. The molecule has 1 amide bonds. The van der Waals surface area contributed by atoms with E-state index in [2.05, 4.69) is 32.0 Å². The lowest BCUT2D eigenvalue weighted by molar-refractivity contribution is -0.119. The first-order valence-electron chi connectivity index (χ1n) is 10.3. The molecule has 2 aliphatic heterocycles. The fraction of sp³-hybridized carbons (Fsp3) is 0.458. The molecule has 0 aromatic heterocycles. The molecule has 2 aromatic rings. The molecule has 0 N–H and O–H groups in total. The molecule has 4 rings (SSSR count). The molecule has 0 saturated carbocycles. The Kier molecular flexibility index (Phi) is 5.58. The third-order valence-corrected chi connectivity index (χ3v) is 6.42. The van der Waals surface area contributed by atoms with Crippen LogP contribution in [0.2, 0.25) is 5.02 Å². The van der Waals surface area contributed by atoms with E-state index in [-0.39, 0.29) is 5.91 Å². The van der Waals surface area contributed by atoms with Gasteiger partial charge in [-0.2, -0.15) is 0 Å². The minimum Gasteiger partial charge on any atom is -0.493 e. The van der Waals surface area contributed by atoms with Crippen molar-refractivity contribution < 1.29 is 9.53 Å². The molecule has 0 spiro atoms. The van der Waals surface area contributed by atoms with E-state index in [0.717, 1.165) is 54.4 Å². The fourth-order valence-electron chi connectivity index (χ4n) is 4.73. The molecule has 5 heteroatoms. The normalized spacial score (nSPS) is 17.9. The third-order valence-electron chi connectivity index (χ3n) is 6.20. The van der Waals surface area contributed by atoms with Crippen molar-refractivity contribution in [2.45, 2.75) is 39.0 Å². The van der Waals surface area contributed by atoms with Crippen LogP contribution in [0.25, 0.3) is 0 Å². The highest BCUT2D eigenvalue weighted by Gasteiger charge is 2.29. The van der Waals surface area contributed by atoms with E-state index in [0.29, 0.717) is 12.5 Å². The van der Waals surface area contributed by atoms with Crippen LogP contribution < -0.4 is 9.64 Å². The zero-order chi connectivity index (χ0) is 20.7. The molecule has 29 heavy (non-hydrogen) atoms. The molecule has 2 heterocycles. The van der Waals surface area contributed by atoms with E-state index in [9.17, 15) is 4.79 Å². The second kappa shape index (κ2) is 8.00. The summed E-state index contributed by atoms with van der Waals surface area (Å²) in [4.78, 5) is 16.5. The summed E-state index contributed by atoms with van der Waals surface area (Å²) in [6.07, 6.45) is 2.90. The average Bonchev–Trinajstić information content (AvgIpc) is 3.09.